The molecule has 5 N–H and O–H groups in total. The minimum Gasteiger partial charge on any atom is -0.478 e. The molecule has 26 heavy (non-hydrogen) atoms. The molecule has 0 fully saturated rings. The lowest BCUT2D eigenvalue weighted by molar-refractivity contribution is -0.132. The van der Waals surface area contributed by atoms with Gasteiger partial charge in [0.2, 0.25) is 0 Å². The van der Waals surface area contributed by atoms with E-state index in [1.54, 1.807) is 27.7 Å². The average molecular weight is 379 g/mol. The van der Waals surface area contributed by atoms with Gasteiger partial charge >= 0.3 is 5.97 Å². The molecule has 0 spiro atoms. The summed E-state index contributed by atoms with van der Waals surface area (Å²) in [5.41, 5.74) is 0.176. The van der Waals surface area contributed by atoms with E-state index in [2.05, 4.69) is 6.58 Å². The van der Waals surface area contributed by atoms with Crippen molar-refractivity contribution >= 4 is 5.97 Å². The van der Waals surface area contributed by atoms with E-state index in [9.17, 15) is 25.2 Å². The van der Waals surface area contributed by atoms with Crippen LogP contribution in [0, 0.1) is 0 Å². The molecule has 4 atom stereocenters. The molecule has 0 aliphatic carbocycles. The fraction of sp³-hybridized carbons (Fsp3) is 0.833. The minimum absolute atomic E-state index is 0.176. The number of hydrogen-bond acceptors (Lipinski definition) is 7. The van der Waals surface area contributed by atoms with Crippen molar-refractivity contribution in [3.63, 3.8) is 0 Å². The van der Waals surface area contributed by atoms with E-state index < -0.39 is 30.4 Å². The molecule has 0 aliphatic rings. The molecular formula is C18H38N2O6. The average Bonchev–Trinajstić information content (AvgIpc) is 2.42. The molecule has 0 amide bonds. The number of aliphatic hydroxyl groups excluding tert-OH is 4. The molecule has 0 saturated carbocycles. The first kappa shape index (κ1) is 27.2. The molecular weight excluding hydrogens is 340 g/mol. The van der Waals surface area contributed by atoms with E-state index >= 15 is 0 Å². The minimum atomic E-state index is -0.935. The maximum Gasteiger partial charge on any atom is 0.330 e. The Kier molecular flexibility index (Phi) is 15.8. The smallest absolute Gasteiger partial charge is 0.330 e. The van der Waals surface area contributed by atoms with Crippen LogP contribution in [0.2, 0.25) is 0 Å². The van der Waals surface area contributed by atoms with Crippen LogP contribution in [0.3, 0.4) is 0 Å². The molecule has 0 aromatic carbocycles. The van der Waals surface area contributed by atoms with Gasteiger partial charge in [-0.25, -0.2) is 4.79 Å². The third kappa shape index (κ3) is 19.3. The van der Waals surface area contributed by atoms with Crippen LogP contribution in [0.1, 0.15) is 34.6 Å². The van der Waals surface area contributed by atoms with Crippen LogP contribution < -0.4 is 0 Å². The molecule has 0 aliphatic heterocycles. The Bertz CT molecular complexity index is 330. The van der Waals surface area contributed by atoms with Crippen molar-refractivity contribution in [2.45, 2.75) is 59.0 Å². The Morgan fingerprint density at radius 2 is 0.962 bits per heavy atom. The summed E-state index contributed by atoms with van der Waals surface area (Å²) in [5.74, 6) is -0.935. The summed E-state index contributed by atoms with van der Waals surface area (Å²) in [4.78, 5) is 13.6. The highest BCUT2D eigenvalue weighted by Gasteiger charge is 2.15. The number of nitrogens with zero attached hydrogens (tertiary/aromatic N) is 2. The molecule has 8 heteroatoms. The van der Waals surface area contributed by atoms with Crippen molar-refractivity contribution in [3.05, 3.63) is 12.2 Å². The lowest BCUT2D eigenvalue weighted by Gasteiger charge is -2.30. The first-order chi connectivity index (χ1) is 11.8. The van der Waals surface area contributed by atoms with Crippen molar-refractivity contribution in [2.24, 2.45) is 0 Å². The van der Waals surface area contributed by atoms with Gasteiger partial charge in [0.05, 0.1) is 24.4 Å². The molecule has 0 bridgehead atoms. The number of rotatable bonds is 12. The fourth-order valence-corrected chi connectivity index (χ4v) is 2.29. The van der Waals surface area contributed by atoms with Gasteiger partial charge in [-0.3, -0.25) is 9.80 Å². The third-order valence-electron chi connectivity index (χ3n) is 3.19. The van der Waals surface area contributed by atoms with Gasteiger partial charge in [-0.2, -0.15) is 0 Å². The predicted octanol–water partition coefficient (Wildman–Crippen LogP) is -0.239. The highest BCUT2D eigenvalue weighted by molar-refractivity contribution is 5.84. The second-order valence-corrected chi connectivity index (χ2v) is 7.00. The lowest BCUT2D eigenvalue weighted by atomic mass is 10.2. The molecule has 156 valence electrons. The Labute approximate surface area is 157 Å². The van der Waals surface area contributed by atoms with Gasteiger partial charge in [-0.15, -0.1) is 0 Å². The van der Waals surface area contributed by atoms with E-state index in [0.717, 1.165) is 0 Å². The quantitative estimate of drug-likeness (QED) is 0.295. The summed E-state index contributed by atoms with van der Waals surface area (Å²) in [7, 11) is 0. The maximum atomic E-state index is 9.60. The molecule has 8 nitrogen and oxygen atoms in total. The SMILES string of the molecule is C=C(C)C(=O)O.CC(O)CN(CCN(CC(C)O)CC(C)O)CC(C)O. The highest BCUT2D eigenvalue weighted by atomic mass is 16.4. The van der Waals surface area contributed by atoms with Crippen LogP contribution in [-0.4, -0.2) is 105 Å². The maximum absolute atomic E-state index is 9.60. The summed E-state index contributed by atoms with van der Waals surface area (Å²) < 4.78 is 0. The van der Waals surface area contributed by atoms with Gasteiger partial charge < -0.3 is 25.5 Å². The van der Waals surface area contributed by atoms with E-state index in [-0.39, 0.29) is 5.57 Å². The zero-order valence-corrected chi connectivity index (χ0v) is 16.8. The largest absolute Gasteiger partial charge is 0.478 e. The van der Waals surface area contributed by atoms with Gasteiger partial charge in [0, 0.05) is 44.8 Å². The number of carboxylic acid groups (broad SMARTS) is 1. The van der Waals surface area contributed by atoms with Gasteiger partial charge in [0.1, 0.15) is 0 Å². The Hall–Kier alpha value is -1.03. The van der Waals surface area contributed by atoms with E-state index in [4.69, 9.17) is 5.11 Å². The van der Waals surface area contributed by atoms with Crippen LogP contribution in [0.4, 0.5) is 0 Å². The first-order valence-electron chi connectivity index (χ1n) is 8.90. The van der Waals surface area contributed by atoms with Crippen molar-refractivity contribution in [2.75, 3.05) is 39.3 Å². The van der Waals surface area contributed by atoms with Crippen molar-refractivity contribution in [1.29, 1.82) is 0 Å². The summed E-state index contributed by atoms with van der Waals surface area (Å²) in [6.07, 6.45) is -1.79. The number of aliphatic carboxylic acids is 1. The molecule has 0 radical (unpaired) electrons. The molecule has 0 aromatic rings. The molecule has 0 saturated heterocycles. The topological polar surface area (TPSA) is 125 Å². The van der Waals surface area contributed by atoms with E-state index in [1.807, 2.05) is 9.80 Å². The predicted molar refractivity (Wildman–Crippen MR) is 102 cm³/mol. The van der Waals surface area contributed by atoms with Crippen LogP contribution >= 0.6 is 0 Å². The van der Waals surface area contributed by atoms with Crippen LogP contribution in [0.5, 0.6) is 0 Å². The number of carbonyl (C=O) groups is 1. The van der Waals surface area contributed by atoms with E-state index in [0.29, 0.717) is 39.3 Å². The van der Waals surface area contributed by atoms with Crippen LogP contribution in [-0.2, 0) is 4.79 Å². The van der Waals surface area contributed by atoms with Crippen molar-refractivity contribution < 1.29 is 30.3 Å². The molecule has 4 unspecified atom stereocenters. The zero-order chi connectivity index (χ0) is 20.9. The van der Waals surface area contributed by atoms with E-state index in [1.165, 1.54) is 6.92 Å². The Morgan fingerprint density at radius 1 is 0.769 bits per heavy atom. The summed E-state index contributed by atoms with van der Waals surface area (Å²) in [5, 5.41) is 45.8. The third-order valence-corrected chi connectivity index (χ3v) is 3.19. The van der Waals surface area contributed by atoms with Crippen LogP contribution in [0.15, 0.2) is 12.2 Å². The number of hydrogen-bond donors (Lipinski definition) is 5. The standard InChI is InChI=1S/C14H32N2O4.C4H6O2/c1-11(17)7-15(8-12(2)18)5-6-16(9-13(3)19)10-14(4)20;1-3(2)4(5)6/h11-14,17-20H,5-10H2,1-4H3;1H2,2H3,(H,5,6). The normalized spacial score (nSPS) is 15.8. The van der Waals surface area contributed by atoms with Gasteiger partial charge in [0.25, 0.3) is 0 Å². The Balaban J connectivity index is 0. The highest BCUT2D eigenvalue weighted by Crippen LogP contribution is 2.00. The number of carboxylic acids is 1. The van der Waals surface area contributed by atoms with Gasteiger partial charge in [-0.1, -0.05) is 6.58 Å². The fourth-order valence-electron chi connectivity index (χ4n) is 2.29. The second-order valence-electron chi connectivity index (χ2n) is 7.00. The van der Waals surface area contributed by atoms with Crippen molar-refractivity contribution in [1.82, 2.24) is 9.80 Å². The summed E-state index contributed by atoms with van der Waals surface area (Å²) >= 11 is 0. The Morgan fingerprint density at radius 3 is 1.08 bits per heavy atom. The first-order valence-corrected chi connectivity index (χ1v) is 8.90. The summed E-state index contributed by atoms with van der Waals surface area (Å²) in [6, 6.07) is 0. The summed E-state index contributed by atoms with van der Waals surface area (Å²) in [6.45, 7) is 14.8. The van der Waals surface area contributed by atoms with Crippen LogP contribution in [0.25, 0.3) is 0 Å². The lowest BCUT2D eigenvalue weighted by Crippen LogP contribution is -2.44. The molecule has 0 rings (SSSR count). The van der Waals surface area contributed by atoms with Gasteiger partial charge in [-0.05, 0) is 34.6 Å². The molecule has 0 aromatic heterocycles. The molecule has 0 heterocycles. The second kappa shape index (κ2) is 15.1. The van der Waals surface area contributed by atoms with Crippen molar-refractivity contribution in [3.8, 4) is 0 Å². The monoisotopic (exact) mass is 378 g/mol. The number of aliphatic hydroxyl groups is 4. The zero-order valence-electron chi connectivity index (χ0n) is 16.8. The van der Waals surface area contributed by atoms with Gasteiger partial charge in [0.15, 0.2) is 0 Å².